The Hall–Kier alpha value is -5.00. The predicted octanol–water partition coefficient (Wildman–Crippen LogP) is 4.59. The lowest BCUT2D eigenvalue weighted by Crippen LogP contribution is -2.10. The van der Waals surface area contributed by atoms with E-state index in [4.69, 9.17) is 26.8 Å². The molecule has 0 saturated heterocycles. The van der Waals surface area contributed by atoms with Crippen LogP contribution in [0.2, 0.25) is 0 Å². The van der Waals surface area contributed by atoms with Gasteiger partial charge in [-0.2, -0.15) is 25.3 Å². The minimum absolute atomic E-state index is 0.0311. The Labute approximate surface area is 284 Å². The number of ether oxygens (including phenoxy) is 3. The topological polar surface area (TPSA) is 187 Å². The van der Waals surface area contributed by atoms with Gasteiger partial charge >= 0.3 is 30.4 Å². The van der Waals surface area contributed by atoms with Crippen molar-refractivity contribution in [1.29, 1.82) is 0 Å². The Kier molecular flexibility index (Phi) is 11.0. The van der Waals surface area contributed by atoms with Crippen LogP contribution in [0.5, 0.6) is 34.5 Å². The second kappa shape index (κ2) is 14.6. The van der Waals surface area contributed by atoms with E-state index in [0.29, 0.717) is 22.4 Å². The van der Waals surface area contributed by atoms with E-state index in [2.05, 4.69) is 5.32 Å². The van der Waals surface area contributed by atoms with Crippen LogP contribution in [0, 0.1) is 0 Å². The van der Waals surface area contributed by atoms with Gasteiger partial charge in [0, 0.05) is 18.2 Å². The summed E-state index contributed by atoms with van der Waals surface area (Å²) in [6.45, 7) is 1.34. The third-order valence-electron chi connectivity index (χ3n) is 6.39. The lowest BCUT2D eigenvalue weighted by molar-refractivity contribution is -0.114. The lowest BCUT2D eigenvalue weighted by Gasteiger charge is -2.21. The third kappa shape index (κ3) is 10.2. The van der Waals surface area contributed by atoms with E-state index >= 15 is 0 Å². The molecule has 0 atom stereocenters. The lowest BCUT2D eigenvalue weighted by atomic mass is 9.96. The standard InChI is InChI=1S/C32H33NO13S3/c1-20(34)33-24-9-7-8-21(16-24)19-43-27-15-12-23(17-28(27)45-48(5,37)38)30-29(41-2)18-26(31(42-3)32(30)46-49(6,39)40)22-10-13-25(14-11-22)44-47(4,35)36/h7-18H,19H2,1-6H3,(H,33,34). The molecule has 0 aliphatic rings. The molecule has 17 heteroatoms. The van der Waals surface area contributed by atoms with Gasteiger partial charge in [0.15, 0.2) is 23.0 Å². The molecule has 14 nitrogen and oxygen atoms in total. The zero-order valence-electron chi connectivity index (χ0n) is 27.2. The van der Waals surface area contributed by atoms with E-state index in [1.807, 2.05) is 0 Å². The first-order valence-corrected chi connectivity index (χ1v) is 19.5. The molecule has 4 aromatic carbocycles. The number of benzene rings is 4. The van der Waals surface area contributed by atoms with Gasteiger partial charge in [0.2, 0.25) is 5.91 Å². The van der Waals surface area contributed by atoms with Crippen molar-refractivity contribution in [3.63, 3.8) is 0 Å². The molecular formula is C32H33NO13S3. The quantitative estimate of drug-likeness (QED) is 0.177. The Morgan fingerprint density at radius 3 is 1.86 bits per heavy atom. The highest BCUT2D eigenvalue weighted by molar-refractivity contribution is 7.86. The molecule has 4 rings (SSSR count). The van der Waals surface area contributed by atoms with E-state index in [1.54, 1.807) is 30.3 Å². The average molecular weight is 736 g/mol. The number of anilines is 1. The van der Waals surface area contributed by atoms with Gasteiger partial charge in [0.1, 0.15) is 18.1 Å². The van der Waals surface area contributed by atoms with Crippen LogP contribution in [0.4, 0.5) is 5.69 Å². The molecule has 0 bridgehead atoms. The first-order valence-electron chi connectivity index (χ1n) is 14.1. The van der Waals surface area contributed by atoms with Crippen LogP contribution in [0.3, 0.4) is 0 Å². The van der Waals surface area contributed by atoms with Crippen molar-refractivity contribution in [2.75, 3.05) is 38.3 Å². The summed E-state index contributed by atoms with van der Waals surface area (Å²) in [6, 6.07) is 18.5. The molecule has 49 heavy (non-hydrogen) atoms. The van der Waals surface area contributed by atoms with Gasteiger partial charge in [-0.25, -0.2) is 0 Å². The zero-order chi connectivity index (χ0) is 36.1. The molecule has 262 valence electrons. The SMILES string of the molecule is COc1cc(-c2ccc(OS(C)(=O)=O)cc2)c(OC)c(OS(C)(=O)=O)c1-c1ccc(OCc2cccc(NC(C)=O)c2)c(OS(C)(=O)=O)c1. The molecular weight excluding hydrogens is 703 g/mol. The molecule has 4 aromatic rings. The predicted molar refractivity (Wildman–Crippen MR) is 182 cm³/mol. The molecule has 0 heterocycles. The fourth-order valence-corrected chi connectivity index (χ4v) is 6.06. The fourth-order valence-electron chi connectivity index (χ4n) is 4.68. The van der Waals surface area contributed by atoms with Crippen LogP contribution in [-0.4, -0.2) is 64.1 Å². The van der Waals surface area contributed by atoms with E-state index in [1.165, 1.54) is 63.6 Å². The highest BCUT2D eigenvalue weighted by atomic mass is 32.2. The van der Waals surface area contributed by atoms with Crippen LogP contribution in [-0.2, 0) is 41.8 Å². The number of hydrogen-bond donors (Lipinski definition) is 1. The minimum Gasteiger partial charge on any atom is -0.496 e. The van der Waals surface area contributed by atoms with E-state index in [9.17, 15) is 30.0 Å². The molecule has 0 aliphatic heterocycles. The normalized spacial score (nSPS) is 11.7. The van der Waals surface area contributed by atoms with Crippen LogP contribution < -0.4 is 32.1 Å². The Bertz CT molecular complexity index is 2200. The van der Waals surface area contributed by atoms with Crippen molar-refractivity contribution < 1.29 is 56.8 Å². The van der Waals surface area contributed by atoms with E-state index in [-0.39, 0.29) is 58.1 Å². The zero-order valence-corrected chi connectivity index (χ0v) is 29.6. The highest BCUT2D eigenvalue weighted by Gasteiger charge is 2.27. The maximum Gasteiger partial charge on any atom is 0.306 e. The summed E-state index contributed by atoms with van der Waals surface area (Å²) >= 11 is 0. The van der Waals surface area contributed by atoms with E-state index in [0.717, 1.165) is 18.8 Å². The van der Waals surface area contributed by atoms with Crippen molar-refractivity contribution in [2.45, 2.75) is 13.5 Å². The summed E-state index contributed by atoms with van der Waals surface area (Å²) < 4.78 is 106. The van der Waals surface area contributed by atoms with Crippen molar-refractivity contribution in [1.82, 2.24) is 0 Å². The maximum absolute atomic E-state index is 12.5. The number of hydrogen-bond acceptors (Lipinski definition) is 13. The fraction of sp³-hybridized carbons (Fsp3) is 0.219. The minimum atomic E-state index is -4.19. The van der Waals surface area contributed by atoms with Gasteiger partial charge in [0.25, 0.3) is 0 Å². The third-order valence-corrected chi connectivity index (χ3v) is 7.83. The summed E-state index contributed by atoms with van der Waals surface area (Å²) in [5, 5.41) is 2.67. The highest BCUT2D eigenvalue weighted by Crippen LogP contribution is 2.52. The Morgan fingerprint density at radius 1 is 0.653 bits per heavy atom. The van der Waals surface area contributed by atoms with Gasteiger partial charge in [0.05, 0.1) is 38.6 Å². The molecule has 0 unspecified atom stereocenters. The van der Waals surface area contributed by atoms with Crippen molar-refractivity contribution >= 4 is 41.9 Å². The number of nitrogens with one attached hydrogen (secondary N) is 1. The summed E-state index contributed by atoms with van der Waals surface area (Å²) in [7, 11) is -9.43. The smallest absolute Gasteiger partial charge is 0.306 e. The first kappa shape index (κ1) is 36.8. The van der Waals surface area contributed by atoms with Crippen LogP contribution in [0.1, 0.15) is 12.5 Å². The number of methoxy groups -OCH3 is 2. The number of amides is 1. The molecule has 1 N–H and O–H groups in total. The maximum atomic E-state index is 12.5. The second-order valence-corrected chi connectivity index (χ2v) is 15.3. The van der Waals surface area contributed by atoms with Crippen LogP contribution >= 0.6 is 0 Å². The van der Waals surface area contributed by atoms with Crippen LogP contribution in [0.25, 0.3) is 22.3 Å². The molecule has 1 amide bonds. The average Bonchev–Trinajstić information content (AvgIpc) is 2.98. The van der Waals surface area contributed by atoms with Gasteiger partial charge in [-0.1, -0.05) is 30.3 Å². The van der Waals surface area contributed by atoms with Gasteiger partial charge < -0.3 is 32.1 Å². The number of carbonyl (C=O) groups is 1. The van der Waals surface area contributed by atoms with Crippen molar-refractivity contribution in [2.24, 2.45) is 0 Å². The first-order chi connectivity index (χ1) is 22.9. The number of rotatable bonds is 14. The molecule has 0 fully saturated rings. The largest absolute Gasteiger partial charge is 0.496 e. The summed E-state index contributed by atoms with van der Waals surface area (Å²) in [5.74, 6) is -0.637. The molecule has 0 aliphatic carbocycles. The number of carbonyl (C=O) groups excluding carboxylic acids is 1. The van der Waals surface area contributed by atoms with E-state index < -0.39 is 30.4 Å². The second-order valence-electron chi connectivity index (χ2n) is 10.6. The van der Waals surface area contributed by atoms with Gasteiger partial charge in [-0.15, -0.1) is 0 Å². The van der Waals surface area contributed by atoms with Crippen molar-refractivity contribution in [3.8, 4) is 56.8 Å². The van der Waals surface area contributed by atoms with Crippen LogP contribution in [0.15, 0.2) is 72.8 Å². The summed E-state index contributed by atoms with van der Waals surface area (Å²) in [6.07, 6.45) is 2.59. The molecule has 0 radical (unpaired) electrons. The molecule has 0 saturated carbocycles. The molecule has 0 spiro atoms. The van der Waals surface area contributed by atoms with Gasteiger partial charge in [-0.3, -0.25) is 4.79 Å². The van der Waals surface area contributed by atoms with Gasteiger partial charge in [-0.05, 0) is 59.2 Å². The summed E-state index contributed by atoms with van der Waals surface area (Å²) in [5.41, 5.74) is 2.23. The monoisotopic (exact) mass is 735 g/mol. The Morgan fingerprint density at radius 2 is 1.29 bits per heavy atom. The Balaban J connectivity index is 1.86. The molecule has 0 aromatic heterocycles. The van der Waals surface area contributed by atoms with Crippen molar-refractivity contribution in [3.05, 3.63) is 78.4 Å². The summed E-state index contributed by atoms with van der Waals surface area (Å²) in [4.78, 5) is 11.5.